The van der Waals surface area contributed by atoms with Crippen molar-refractivity contribution < 1.29 is 28.9 Å². The highest BCUT2D eigenvalue weighted by Crippen LogP contribution is 2.36. The number of benzene rings is 2. The molecule has 2 unspecified atom stereocenters. The van der Waals surface area contributed by atoms with Crippen LogP contribution in [-0.4, -0.2) is 39.7 Å². The maximum Gasteiger partial charge on any atom is 0.352 e. The predicted molar refractivity (Wildman–Crippen MR) is 121 cm³/mol. The van der Waals surface area contributed by atoms with E-state index in [2.05, 4.69) is 10.5 Å². The van der Waals surface area contributed by atoms with Crippen molar-refractivity contribution in [3.63, 3.8) is 0 Å². The van der Waals surface area contributed by atoms with E-state index < -0.39 is 41.0 Å². The van der Waals surface area contributed by atoms with Crippen molar-refractivity contribution in [2.75, 3.05) is 0 Å². The standard InChI is InChI=1S/C23H24N4O7/c1-14(2)34-21(28)19-15(3)24-22(29)26(20(19)17-10-7-11-18(12-17)27(31)32)23(30)25-33-13-16-8-5-4-6-9-16/h4-12,14,19-20H,13H2,1-3H3,(H,25,30). The smallest absolute Gasteiger partial charge is 0.352 e. The number of non-ortho nitro benzene ring substituents is 1. The minimum Gasteiger partial charge on any atom is -0.462 e. The molecule has 2 atom stereocenters. The number of imide groups is 1. The van der Waals surface area contributed by atoms with E-state index in [-0.39, 0.29) is 23.6 Å². The first-order chi connectivity index (χ1) is 16.2. The number of esters is 1. The van der Waals surface area contributed by atoms with Crippen molar-refractivity contribution in [3.05, 3.63) is 75.8 Å². The minimum atomic E-state index is -1.24. The summed E-state index contributed by atoms with van der Waals surface area (Å²) in [5, 5.41) is 11.3. The highest BCUT2D eigenvalue weighted by Gasteiger charge is 2.46. The van der Waals surface area contributed by atoms with Crippen LogP contribution < -0.4 is 5.48 Å². The van der Waals surface area contributed by atoms with E-state index in [0.29, 0.717) is 4.90 Å². The van der Waals surface area contributed by atoms with Crippen molar-refractivity contribution in [1.82, 2.24) is 10.4 Å². The highest BCUT2D eigenvalue weighted by molar-refractivity contribution is 6.11. The molecule has 1 N–H and O–H groups in total. The number of hydrogen-bond acceptors (Lipinski definition) is 7. The van der Waals surface area contributed by atoms with Gasteiger partial charge in [-0.1, -0.05) is 42.5 Å². The lowest BCUT2D eigenvalue weighted by molar-refractivity contribution is -0.385. The SMILES string of the molecule is CC1=NC(=O)N(C(=O)NOCc2ccccc2)C(c2cccc([N+](=O)[O-])c2)C1C(=O)OC(C)C. The third-order valence-corrected chi connectivity index (χ3v) is 5.01. The van der Waals surface area contributed by atoms with Crippen LogP contribution in [0.25, 0.3) is 0 Å². The van der Waals surface area contributed by atoms with Crippen LogP contribution in [0.5, 0.6) is 0 Å². The molecule has 0 spiro atoms. The van der Waals surface area contributed by atoms with Gasteiger partial charge >= 0.3 is 18.0 Å². The van der Waals surface area contributed by atoms with Gasteiger partial charge in [-0.2, -0.15) is 0 Å². The Morgan fingerprint density at radius 3 is 2.53 bits per heavy atom. The van der Waals surface area contributed by atoms with Crippen LogP contribution in [-0.2, 0) is 21.0 Å². The first-order valence-corrected chi connectivity index (χ1v) is 10.5. The van der Waals surface area contributed by atoms with Crippen LogP contribution in [0.15, 0.2) is 59.6 Å². The molecular weight excluding hydrogens is 444 g/mol. The Morgan fingerprint density at radius 1 is 1.18 bits per heavy atom. The van der Waals surface area contributed by atoms with E-state index in [9.17, 15) is 24.5 Å². The average Bonchev–Trinajstić information content (AvgIpc) is 2.78. The third kappa shape index (κ3) is 5.62. The number of nitrogens with zero attached hydrogens (tertiary/aromatic N) is 3. The number of hydroxylamine groups is 1. The summed E-state index contributed by atoms with van der Waals surface area (Å²) >= 11 is 0. The number of amides is 4. The number of nitro benzene ring substituents is 1. The van der Waals surface area contributed by atoms with Crippen LogP contribution in [0.1, 0.15) is 37.9 Å². The fraction of sp³-hybridized carbons (Fsp3) is 0.304. The summed E-state index contributed by atoms with van der Waals surface area (Å²) in [6, 6.07) is 11.2. The van der Waals surface area contributed by atoms with Crippen LogP contribution >= 0.6 is 0 Å². The Bertz CT molecular complexity index is 1120. The molecule has 34 heavy (non-hydrogen) atoms. The summed E-state index contributed by atoms with van der Waals surface area (Å²) in [6.07, 6.45) is -0.472. The zero-order valence-electron chi connectivity index (χ0n) is 18.8. The van der Waals surface area contributed by atoms with Gasteiger partial charge in [0.1, 0.15) is 5.92 Å². The second-order valence-electron chi connectivity index (χ2n) is 7.85. The van der Waals surface area contributed by atoms with Gasteiger partial charge in [-0.3, -0.25) is 19.7 Å². The van der Waals surface area contributed by atoms with E-state index in [4.69, 9.17) is 9.57 Å². The first kappa shape index (κ1) is 24.5. The monoisotopic (exact) mass is 468 g/mol. The summed E-state index contributed by atoms with van der Waals surface area (Å²) in [5.41, 5.74) is 3.03. The Kier molecular flexibility index (Phi) is 7.69. The molecule has 0 saturated carbocycles. The molecule has 0 aromatic heterocycles. The molecule has 4 amide bonds. The second kappa shape index (κ2) is 10.7. The predicted octanol–water partition coefficient (Wildman–Crippen LogP) is 3.94. The Hall–Kier alpha value is -4.12. The zero-order chi connectivity index (χ0) is 24.8. The number of carbonyl (C=O) groups excluding carboxylic acids is 3. The fourth-order valence-electron chi connectivity index (χ4n) is 3.56. The maximum absolute atomic E-state index is 13.0. The average molecular weight is 468 g/mol. The third-order valence-electron chi connectivity index (χ3n) is 5.01. The van der Waals surface area contributed by atoms with Gasteiger partial charge in [0.2, 0.25) is 0 Å². The normalized spacial score (nSPS) is 17.8. The molecule has 2 aromatic carbocycles. The van der Waals surface area contributed by atoms with E-state index in [1.807, 2.05) is 6.07 Å². The molecule has 0 saturated heterocycles. The van der Waals surface area contributed by atoms with Crippen molar-refractivity contribution in [2.24, 2.45) is 10.9 Å². The van der Waals surface area contributed by atoms with E-state index in [1.54, 1.807) is 38.1 Å². The molecule has 0 radical (unpaired) electrons. The van der Waals surface area contributed by atoms with Gasteiger partial charge in [0.25, 0.3) is 5.69 Å². The molecular formula is C23H24N4O7. The summed E-state index contributed by atoms with van der Waals surface area (Å²) in [7, 11) is 0. The Morgan fingerprint density at radius 2 is 1.88 bits per heavy atom. The molecule has 1 aliphatic rings. The summed E-state index contributed by atoms with van der Waals surface area (Å²) in [5.74, 6) is -1.88. The fourth-order valence-corrected chi connectivity index (χ4v) is 3.56. The molecule has 178 valence electrons. The van der Waals surface area contributed by atoms with Crippen molar-refractivity contribution in [2.45, 2.75) is 39.5 Å². The molecule has 11 heteroatoms. The molecule has 0 aliphatic carbocycles. The quantitative estimate of drug-likeness (QED) is 0.369. The lowest BCUT2D eigenvalue weighted by atomic mass is 9.86. The number of carbonyl (C=O) groups is 3. The van der Waals surface area contributed by atoms with Gasteiger partial charge in [0.05, 0.1) is 23.7 Å². The van der Waals surface area contributed by atoms with Crippen LogP contribution in [0.4, 0.5) is 15.3 Å². The minimum absolute atomic E-state index is 0.0250. The summed E-state index contributed by atoms with van der Waals surface area (Å²) in [6.45, 7) is 4.80. The number of urea groups is 2. The van der Waals surface area contributed by atoms with Gasteiger partial charge in [-0.25, -0.2) is 25.0 Å². The lowest BCUT2D eigenvalue weighted by Gasteiger charge is -2.37. The first-order valence-electron chi connectivity index (χ1n) is 10.5. The Balaban J connectivity index is 1.96. The van der Waals surface area contributed by atoms with Gasteiger partial charge in [-0.15, -0.1) is 0 Å². The van der Waals surface area contributed by atoms with Crippen molar-refractivity contribution >= 4 is 29.4 Å². The maximum atomic E-state index is 13.0. The largest absolute Gasteiger partial charge is 0.462 e. The van der Waals surface area contributed by atoms with Crippen LogP contribution in [0.2, 0.25) is 0 Å². The number of aliphatic imine (C=N–C) groups is 1. The topological polar surface area (TPSA) is 140 Å². The van der Waals surface area contributed by atoms with Gasteiger partial charge in [-0.05, 0) is 31.9 Å². The summed E-state index contributed by atoms with van der Waals surface area (Å²) < 4.78 is 5.34. The molecule has 3 rings (SSSR count). The van der Waals surface area contributed by atoms with Crippen LogP contribution in [0, 0.1) is 16.0 Å². The summed E-state index contributed by atoms with van der Waals surface area (Å²) in [4.78, 5) is 59.3. The number of nitrogens with one attached hydrogen (secondary N) is 1. The Labute approximate surface area is 195 Å². The molecule has 1 aliphatic heterocycles. The van der Waals surface area contributed by atoms with Gasteiger partial charge in [0.15, 0.2) is 0 Å². The van der Waals surface area contributed by atoms with E-state index >= 15 is 0 Å². The number of hydrogen-bond donors (Lipinski definition) is 1. The number of ether oxygens (including phenoxy) is 1. The van der Waals surface area contributed by atoms with Crippen LogP contribution in [0.3, 0.4) is 0 Å². The van der Waals surface area contributed by atoms with Crippen molar-refractivity contribution in [1.29, 1.82) is 0 Å². The van der Waals surface area contributed by atoms with Crippen molar-refractivity contribution in [3.8, 4) is 0 Å². The highest BCUT2D eigenvalue weighted by atomic mass is 16.7. The number of rotatable bonds is 7. The second-order valence-corrected chi connectivity index (χ2v) is 7.85. The molecule has 0 fully saturated rings. The molecule has 11 nitrogen and oxygen atoms in total. The lowest BCUT2D eigenvalue weighted by Crippen LogP contribution is -2.52. The van der Waals surface area contributed by atoms with E-state index in [0.717, 1.165) is 5.56 Å². The molecule has 2 aromatic rings. The molecule has 0 bridgehead atoms. The number of nitro groups is 1. The van der Waals surface area contributed by atoms with Gasteiger partial charge in [0, 0.05) is 17.8 Å². The zero-order valence-corrected chi connectivity index (χ0v) is 18.8. The van der Waals surface area contributed by atoms with E-state index in [1.165, 1.54) is 31.2 Å². The molecule has 1 heterocycles. The van der Waals surface area contributed by atoms with Gasteiger partial charge < -0.3 is 4.74 Å².